The molecule has 3 N–H and O–H groups in total. The first-order valence-corrected chi connectivity index (χ1v) is 13.1. The predicted molar refractivity (Wildman–Crippen MR) is 141 cm³/mol. The minimum absolute atomic E-state index is 0.135. The molecule has 0 aliphatic carbocycles. The summed E-state index contributed by atoms with van der Waals surface area (Å²) in [5, 5.41) is 6.82. The van der Waals surface area contributed by atoms with E-state index in [0.717, 1.165) is 5.56 Å². The number of hydrogen-bond acceptors (Lipinski definition) is 4. The van der Waals surface area contributed by atoms with Crippen molar-refractivity contribution >= 4 is 38.3 Å². The van der Waals surface area contributed by atoms with Gasteiger partial charge >= 0.3 is 0 Å². The van der Waals surface area contributed by atoms with Gasteiger partial charge in [0.15, 0.2) is 0 Å². The molecular formula is C28H27N3O4S. The molecule has 4 rings (SSSR count). The van der Waals surface area contributed by atoms with Crippen LogP contribution in [0.5, 0.6) is 0 Å². The van der Waals surface area contributed by atoms with Crippen LogP contribution in [0.15, 0.2) is 102 Å². The highest BCUT2D eigenvalue weighted by Gasteiger charge is 2.23. The number of hydrogen-bond donors (Lipinski definition) is 3. The van der Waals surface area contributed by atoms with E-state index in [4.69, 9.17) is 0 Å². The fourth-order valence-electron chi connectivity index (χ4n) is 4.00. The molecule has 7 nitrogen and oxygen atoms in total. The fraction of sp³-hybridized carbons (Fsp3) is 0.143. The second-order valence-electron chi connectivity index (χ2n) is 8.23. The summed E-state index contributed by atoms with van der Waals surface area (Å²) in [6.45, 7) is 1.97. The van der Waals surface area contributed by atoms with E-state index in [1.54, 1.807) is 61.5 Å². The maximum absolute atomic E-state index is 13.5. The number of rotatable bonds is 9. The fourth-order valence-corrected chi connectivity index (χ4v) is 5.26. The van der Waals surface area contributed by atoms with Crippen molar-refractivity contribution in [1.29, 1.82) is 0 Å². The van der Waals surface area contributed by atoms with Gasteiger partial charge in [0, 0.05) is 35.0 Å². The molecule has 0 aliphatic rings. The number of anilines is 1. The molecule has 0 saturated heterocycles. The van der Waals surface area contributed by atoms with Crippen molar-refractivity contribution in [3.05, 3.63) is 108 Å². The van der Waals surface area contributed by atoms with Gasteiger partial charge in [-0.2, -0.15) is 0 Å². The maximum Gasteiger partial charge on any atom is 0.251 e. The van der Waals surface area contributed by atoms with Crippen molar-refractivity contribution in [1.82, 2.24) is 10.0 Å². The molecule has 2 amide bonds. The number of nitrogens with one attached hydrogen (secondary N) is 3. The third-order valence-corrected chi connectivity index (χ3v) is 7.31. The summed E-state index contributed by atoms with van der Waals surface area (Å²) >= 11 is 0. The molecule has 0 aliphatic heterocycles. The Labute approximate surface area is 210 Å². The van der Waals surface area contributed by atoms with Gasteiger partial charge in [-0.3, -0.25) is 9.59 Å². The Balaban J connectivity index is 1.65. The van der Waals surface area contributed by atoms with E-state index in [1.165, 1.54) is 6.07 Å². The maximum atomic E-state index is 13.5. The molecule has 1 atom stereocenters. The monoisotopic (exact) mass is 501 g/mol. The van der Waals surface area contributed by atoms with E-state index in [1.807, 2.05) is 36.4 Å². The standard InChI is InChI=1S/C28H27N3O4S/c1-2-29-36(34,35)26-18-10-15-22-23(26)16-9-17-24(22)30-28(33)25(19-20-11-5-3-6-12-20)31-27(32)21-13-7-4-8-14-21/h3-18,25,29H,2,19H2,1H3,(H,30,33)(H,31,32)/t25-/m0/s1. The van der Waals surface area contributed by atoms with Crippen LogP contribution in [0.1, 0.15) is 22.8 Å². The van der Waals surface area contributed by atoms with E-state index in [-0.39, 0.29) is 23.8 Å². The minimum Gasteiger partial charge on any atom is -0.340 e. The van der Waals surface area contributed by atoms with Gasteiger partial charge in [0.2, 0.25) is 15.9 Å². The zero-order valence-corrected chi connectivity index (χ0v) is 20.6. The first-order chi connectivity index (χ1) is 17.4. The molecule has 0 bridgehead atoms. The highest BCUT2D eigenvalue weighted by Crippen LogP contribution is 2.29. The summed E-state index contributed by atoms with van der Waals surface area (Å²) in [7, 11) is -3.71. The van der Waals surface area contributed by atoms with Gasteiger partial charge in [0.25, 0.3) is 5.91 Å². The van der Waals surface area contributed by atoms with Crippen molar-refractivity contribution in [2.75, 3.05) is 11.9 Å². The molecule has 8 heteroatoms. The summed E-state index contributed by atoms with van der Waals surface area (Å²) in [5.41, 5.74) is 1.80. The third-order valence-electron chi connectivity index (χ3n) is 5.70. The second-order valence-corrected chi connectivity index (χ2v) is 9.96. The van der Waals surface area contributed by atoms with E-state index < -0.39 is 22.0 Å². The average Bonchev–Trinajstić information content (AvgIpc) is 2.89. The zero-order valence-electron chi connectivity index (χ0n) is 19.8. The lowest BCUT2D eigenvalue weighted by Crippen LogP contribution is -2.45. The van der Waals surface area contributed by atoms with E-state index in [9.17, 15) is 18.0 Å². The molecule has 184 valence electrons. The third kappa shape index (κ3) is 5.79. The first-order valence-electron chi connectivity index (χ1n) is 11.6. The van der Waals surface area contributed by atoms with Crippen LogP contribution in [-0.4, -0.2) is 32.8 Å². The van der Waals surface area contributed by atoms with Crippen molar-refractivity contribution < 1.29 is 18.0 Å². The van der Waals surface area contributed by atoms with Gasteiger partial charge in [-0.15, -0.1) is 0 Å². The van der Waals surface area contributed by atoms with Gasteiger partial charge in [0.05, 0.1) is 4.90 Å². The summed E-state index contributed by atoms with van der Waals surface area (Å²) in [6.07, 6.45) is 0.288. The lowest BCUT2D eigenvalue weighted by molar-refractivity contribution is -0.118. The molecule has 0 unspecified atom stereocenters. The SMILES string of the molecule is CCNS(=O)(=O)c1cccc2c(NC(=O)[C@H](Cc3ccccc3)NC(=O)c3ccccc3)cccc12. The molecule has 0 fully saturated rings. The van der Waals surface area contributed by atoms with Gasteiger partial charge in [-0.25, -0.2) is 13.1 Å². The summed E-state index contributed by atoms with van der Waals surface area (Å²) < 4.78 is 27.9. The molecule has 0 heterocycles. The Bertz CT molecular complexity index is 1470. The highest BCUT2D eigenvalue weighted by molar-refractivity contribution is 7.89. The summed E-state index contributed by atoms with van der Waals surface area (Å²) in [5.74, 6) is -0.765. The number of carbonyl (C=O) groups excluding carboxylic acids is 2. The van der Waals surface area contributed by atoms with Crippen molar-refractivity contribution in [3.63, 3.8) is 0 Å². The van der Waals surface area contributed by atoms with Crippen LogP contribution in [-0.2, 0) is 21.2 Å². The van der Waals surface area contributed by atoms with E-state index >= 15 is 0 Å². The average molecular weight is 502 g/mol. The lowest BCUT2D eigenvalue weighted by Gasteiger charge is -2.20. The van der Waals surface area contributed by atoms with Crippen LogP contribution in [0.25, 0.3) is 10.8 Å². The number of carbonyl (C=O) groups is 2. The van der Waals surface area contributed by atoms with Gasteiger partial charge in [-0.05, 0) is 29.8 Å². The summed E-state index contributed by atoms with van der Waals surface area (Å²) in [4.78, 5) is 26.5. The van der Waals surface area contributed by atoms with Crippen molar-refractivity contribution in [2.24, 2.45) is 0 Å². The molecular weight excluding hydrogens is 474 g/mol. The molecule has 4 aromatic carbocycles. The molecule has 36 heavy (non-hydrogen) atoms. The molecule has 4 aromatic rings. The Hall–Kier alpha value is -4.01. The Morgan fingerprint density at radius 3 is 2.11 bits per heavy atom. The van der Waals surface area contributed by atoms with Crippen molar-refractivity contribution in [2.45, 2.75) is 24.3 Å². The van der Waals surface area contributed by atoms with Crippen LogP contribution in [0.3, 0.4) is 0 Å². The number of amides is 2. The second kappa shape index (κ2) is 11.2. The van der Waals surface area contributed by atoms with E-state index in [2.05, 4.69) is 15.4 Å². The van der Waals surface area contributed by atoms with Crippen LogP contribution < -0.4 is 15.4 Å². The van der Waals surface area contributed by atoms with Crippen LogP contribution >= 0.6 is 0 Å². The molecule has 0 saturated carbocycles. The normalized spacial score (nSPS) is 12.1. The molecule has 0 radical (unpaired) electrons. The Morgan fingerprint density at radius 2 is 1.42 bits per heavy atom. The molecule has 0 spiro atoms. The van der Waals surface area contributed by atoms with Crippen LogP contribution in [0, 0.1) is 0 Å². The first kappa shape index (κ1) is 25.1. The molecule has 0 aromatic heterocycles. The van der Waals surface area contributed by atoms with E-state index in [0.29, 0.717) is 22.0 Å². The summed E-state index contributed by atoms with van der Waals surface area (Å²) in [6, 6.07) is 27.3. The van der Waals surface area contributed by atoms with Crippen LogP contribution in [0.4, 0.5) is 5.69 Å². The lowest BCUT2D eigenvalue weighted by atomic mass is 10.0. The van der Waals surface area contributed by atoms with Gasteiger partial charge in [-0.1, -0.05) is 79.7 Å². The van der Waals surface area contributed by atoms with Gasteiger partial charge in [0.1, 0.15) is 6.04 Å². The van der Waals surface area contributed by atoms with Crippen LogP contribution in [0.2, 0.25) is 0 Å². The van der Waals surface area contributed by atoms with Crippen molar-refractivity contribution in [3.8, 4) is 0 Å². The Morgan fingerprint density at radius 1 is 0.778 bits per heavy atom. The largest absolute Gasteiger partial charge is 0.340 e. The Kier molecular flexibility index (Phi) is 7.77. The van der Waals surface area contributed by atoms with Gasteiger partial charge < -0.3 is 10.6 Å². The number of benzene rings is 4. The number of sulfonamides is 1. The minimum atomic E-state index is -3.71. The smallest absolute Gasteiger partial charge is 0.251 e. The topological polar surface area (TPSA) is 104 Å². The zero-order chi connectivity index (χ0) is 25.5. The number of fused-ring (bicyclic) bond motifs is 1. The highest BCUT2D eigenvalue weighted by atomic mass is 32.2. The predicted octanol–water partition coefficient (Wildman–Crippen LogP) is 4.12. The quantitative estimate of drug-likeness (QED) is 0.321.